The van der Waals surface area contributed by atoms with Crippen molar-refractivity contribution in [2.45, 2.75) is 6.42 Å². The number of carbonyl (C=O) groups is 1. The van der Waals surface area contributed by atoms with Crippen LogP contribution in [0.3, 0.4) is 0 Å². The summed E-state index contributed by atoms with van der Waals surface area (Å²) in [6.45, 7) is 0.478. The normalized spacial score (nSPS) is 10.6. The lowest BCUT2D eigenvalue weighted by atomic mass is 10.2. The largest absolute Gasteiger partial charge is 0.451 e. The third kappa shape index (κ3) is 2.57. The molecule has 17 heavy (non-hydrogen) atoms. The molecule has 2 rings (SSSR count). The number of hydrogen-bond donors (Lipinski definition) is 3. The summed E-state index contributed by atoms with van der Waals surface area (Å²) in [5.41, 5.74) is 6.90. The van der Waals surface area contributed by atoms with Crippen LogP contribution in [0.15, 0.2) is 28.7 Å². The van der Waals surface area contributed by atoms with E-state index in [1.807, 2.05) is 0 Å². The highest BCUT2D eigenvalue weighted by atomic mass is 16.3. The Labute approximate surface area is 98.2 Å². The lowest BCUT2D eigenvalue weighted by molar-refractivity contribution is 0.0925. The van der Waals surface area contributed by atoms with E-state index < -0.39 is 0 Å². The molecule has 0 aliphatic carbocycles. The first kappa shape index (κ1) is 11.5. The lowest BCUT2D eigenvalue weighted by Gasteiger charge is -1.99. The second kappa shape index (κ2) is 4.88. The monoisotopic (exact) mass is 234 g/mol. The Bertz CT molecular complexity index is 534. The van der Waals surface area contributed by atoms with Crippen LogP contribution in [0.5, 0.6) is 0 Å². The molecule has 0 spiro atoms. The molecule has 0 atom stereocenters. The number of hydrogen-bond acceptors (Lipinski definition) is 4. The van der Waals surface area contributed by atoms with Gasteiger partial charge in [-0.05, 0) is 30.7 Å². The minimum atomic E-state index is -0.284. The average molecular weight is 234 g/mol. The molecule has 5 nitrogen and oxygen atoms in total. The first-order valence-corrected chi connectivity index (χ1v) is 5.39. The van der Waals surface area contributed by atoms with E-state index in [0.29, 0.717) is 24.2 Å². The quantitative estimate of drug-likeness (QED) is 0.546. The van der Waals surface area contributed by atoms with E-state index in [-0.39, 0.29) is 18.3 Å². The molecule has 1 heterocycles. The van der Waals surface area contributed by atoms with Crippen molar-refractivity contribution in [3.63, 3.8) is 0 Å². The number of nitrogens with one attached hydrogen (secondary N) is 1. The van der Waals surface area contributed by atoms with Gasteiger partial charge in [0.15, 0.2) is 5.76 Å². The number of benzene rings is 1. The van der Waals surface area contributed by atoms with E-state index in [2.05, 4.69) is 5.32 Å². The highest BCUT2D eigenvalue weighted by Gasteiger charge is 2.11. The van der Waals surface area contributed by atoms with Crippen molar-refractivity contribution in [2.24, 2.45) is 0 Å². The van der Waals surface area contributed by atoms with Crippen molar-refractivity contribution in [1.29, 1.82) is 0 Å². The summed E-state index contributed by atoms with van der Waals surface area (Å²) in [6.07, 6.45) is 0.527. The summed E-state index contributed by atoms with van der Waals surface area (Å²) in [4.78, 5) is 11.7. The van der Waals surface area contributed by atoms with Gasteiger partial charge >= 0.3 is 0 Å². The predicted molar refractivity (Wildman–Crippen MR) is 64.7 cm³/mol. The van der Waals surface area contributed by atoms with Gasteiger partial charge in [0.25, 0.3) is 5.91 Å². The van der Waals surface area contributed by atoms with E-state index >= 15 is 0 Å². The number of carbonyl (C=O) groups excluding carboxylic acids is 1. The SMILES string of the molecule is Nc1ccc2oc(C(=O)NCCCO)cc2c1. The number of fused-ring (bicyclic) bond motifs is 1. The second-order valence-corrected chi connectivity index (χ2v) is 3.74. The van der Waals surface area contributed by atoms with Crippen LogP contribution in [0.25, 0.3) is 11.0 Å². The van der Waals surface area contributed by atoms with Crippen molar-refractivity contribution in [3.05, 3.63) is 30.0 Å². The maximum atomic E-state index is 11.7. The molecular weight excluding hydrogens is 220 g/mol. The molecular formula is C12H14N2O3. The van der Waals surface area contributed by atoms with E-state index in [1.165, 1.54) is 0 Å². The molecule has 4 N–H and O–H groups in total. The first-order chi connectivity index (χ1) is 8.20. The van der Waals surface area contributed by atoms with Crippen LogP contribution in [-0.4, -0.2) is 24.2 Å². The Kier molecular flexibility index (Phi) is 3.30. The van der Waals surface area contributed by atoms with Gasteiger partial charge in [-0.2, -0.15) is 0 Å². The zero-order valence-electron chi connectivity index (χ0n) is 9.27. The maximum absolute atomic E-state index is 11.7. The highest BCUT2D eigenvalue weighted by molar-refractivity contribution is 5.96. The van der Waals surface area contributed by atoms with Gasteiger partial charge in [0, 0.05) is 24.2 Å². The van der Waals surface area contributed by atoms with E-state index in [9.17, 15) is 4.79 Å². The molecule has 0 saturated heterocycles. The van der Waals surface area contributed by atoms with Gasteiger partial charge in [0.05, 0.1) is 0 Å². The summed E-state index contributed by atoms with van der Waals surface area (Å²) in [7, 11) is 0. The fraction of sp³-hybridized carbons (Fsp3) is 0.250. The molecule has 0 aliphatic heterocycles. The second-order valence-electron chi connectivity index (χ2n) is 3.74. The Balaban J connectivity index is 2.15. The Morgan fingerprint density at radius 2 is 2.24 bits per heavy atom. The van der Waals surface area contributed by atoms with Gasteiger partial charge in [0.2, 0.25) is 0 Å². The number of aliphatic hydroxyl groups is 1. The molecule has 0 bridgehead atoms. The van der Waals surface area contributed by atoms with Gasteiger partial charge in [-0.15, -0.1) is 0 Å². The van der Waals surface area contributed by atoms with Crippen LogP contribution in [-0.2, 0) is 0 Å². The van der Waals surface area contributed by atoms with Crippen LogP contribution >= 0.6 is 0 Å². The minimum absolute atomic E-state index is 0.0525. The lowest BCUT2D eigenvalue weighted by Crippen LogP contribution is -2.24. The summed E-state index contributed by atoms with van der Waals surface area (Å²) < 4.78 is 5.39. The average Bonchev–Trinajstić information content (AvgIpc) is 2.72. The standard InChI is InChI=1S/C12H14N2O3/c13-9-2-3-10-8(6-9)7-11(17-10)12(16)14-4-1-5-15/h2-3,6-7,15H,1,4-5,13H2,(H,14,16). The number of nitrogens with two attached hydrogens (primary N) is 1. The van der Waals surface area contributed by atoms with Crippen molar-refractivity contribution in [2.75, 3.05) is 18.9 Å². The summed E-state index contributed by atoms with van der Waals surface area (Å²) in [5, 5.41) is 12.1. The molecule has 90 valence electrons. The van der Waals surface area contributed by atoms with Gasteiger partial charge in [-0.25, -0.2) is 0 Å². The van der Waals surface area contributed by atoms with Gasteiger partial charge in [-0.3, -0.25) is 4.79 Å². The summed E-state index contributed by atoms with van der Waals surface area (Å²) in [5.74, 6) is -0.0308. The zero-order valence-corrected chi connectivity index (χ0v) is 9.27. The van der Waals surface area contributed by atoms with Crippen LogP contribution in [0.1, 0.15) is 17.0 Å². The molecule has 1 amide bonds. The number of rotatable bonds is 4. The number of aliphatic hydroxyl groups excluding tert-OH is 1. The van der Waals surface area contributed by atoms with Crippen LogP contribution in [0.2, 0.25) is 0 Å². The number of anilines is 1. The Morgan fingerprint density at radius 1 is 1.41 bits per heavy atom. The van der Waals surface area contributed by atoms with E-state index in [1.54, 1.807) is 24.3 Å². The third-order valence-corrected chi connectivity index (χ3v) is 2.38. The molecule has 0 radical (unpaired) electrons. The van der Waals surface area contributed by atoms with Crippen molar-refractivity contribution in [3.8, 4) is 0 Å². The molecule has 1 aromatic carbocycles. The molecule has 0 saturated carbocycles. The molecule has 0 aliphatic rings. The molecule has 0 unspecified atom stereocenters. The Morgan fingerprint density at radius 3 is 3.00 bits per heavy atom. The summed E-state index contributed by atoms with van der Waals surface area (Å²) in [6, 6.07) is 6.86. The molecule has 2 aromatic rings. The smallest absolute Gasteiger partial charge is 0.287 e. The topological polar surface area (TPSA) is 88.5 Å². The van der Waals surface area contributed by atoms with E-state index in [0.717, 1.165) is 5.39 Å². The van der Waals surface area contributed by atoms with Crippen molar-refractivity contribution >= 4 is 22.6 Å². The van der Waals surface area contributed by atoms with Crippen molar-refractivity contribution in [1.82, 2.24) is 5.32 Å². The van der Waals surface area contributed by atoms with Crippen molar-refractivity contribution < 1.29 is 14.3 Å². The highest BCUT2D eigenvalue weighted by Crippen LogP contribution is 2.21. The minimum Gasteiger partial charge on any atom is -0.451 e. The number of amides is 1. The Hall–Kier alpha value is -2.01. The number of nitrogen functional groups attached to an aromatic ring is 1. The van der Waals surface area contributed by atoms with Crippen LogP contribution < -0.4 is 11.1 Å². The number of furan rings is 1. The molecule has 5 heteroatoms. The van der Waals surface area contributed by atoms with Crippen LogP contribution in [0.4, 0.5) is 5.69 Å². The van der Waals surface area contributed by atoms with Gasteiger partial charge in [-0.1, -0.05) is 0 Å². The van der Waals surface area contributed by atoms with Crippen LogP contribution in [0, 0.1) is 0 Å². The molecule has 0 fully saturated rings. The summed E-state index contributed by atoms with van der Waals surface area (Å²) >= 11 is 0. The maximum Gasteiger partial charge on any atom is 0.287 e. The van der Waals surface area contributed by atoms with Gasteiger partial charge in [0.1, 0.15) is 5.58 Å². The third-order valence-electron chi connectivity index (χ3n) is 2.38. The van der Waals surface area contributed by atoms with E-state index in [4.69, 9.17) is 15.3 Å². The molecule has 1 aromatic heterocycles. The predicted octanol–water partition coefficient (Wildman–Crippen LogP) is 1.13. The fourth-order valence-corrected chi connectivity index (χ4v) is 1.54. The zero-order chi connectivity index (χ0) is 12.3. The fourth-order valence-electron chi connectivity index (χ4n) is 1.54. The first-order valence-electron chi connectivity index (χ1n) is 5.39. The van der Waals surface area contributed by atoms with Gasteiger partial charge < -0.3 is 20.6 Å².